The molecule has 0 bridgehead atoms. The molecular weight excluding hydrogens is 324 g/mol. The zero-order valence-electron chi connectivity index (χ0n) is 14.4. The molecule has 1 saturated heterocycles. The van der Waals surface area contributed by atoms with E-state index in [4.69, 9.17) is 9.84 Å². The lowest BCUT2D eigenvalue weighted by Gasteiger charge is -2.42. The molecular formula is C18H28N2O3S. The van der Waals surface area contributed by atoms with E-state index in [0.717, 1.165) is 32.2 Å². The Hall–Kier alpha value is -0.950. The van der Waals surface area contributed by atoms with Crippen molar-refractivity contribution in [1.82, 2.24) is 9.80 Å². The van der Waals surface area contributed by atoms with Gasteiger partial charge in [0.25, 0.3) is 0 Å². The molecule has 1 aliphatic heterocycles. The van der Waals surface area contributed by atoms with E-state index in [1.807, 2.05) is 7.05 Å². The number of thiophene rings is 1. The van der Waals surface area contributed by atoms with Crippen LogP contribution >= 0.6 is 11.3 Å². The molecule has 0 aromatic carbocycles. The maximum absolute atomic E-state index is 13.6. The fourth-order valence-electron chi connectivity index (χ4n) is 4.07. The molecule has 0 unspecified atom stereocenters. The average molecular weight is 353 g/mol. The molecule has 2 aliphatic rings. The van der Waals surface area contributed by atoms with Gasteiger partial charge < -0.3 is 19.6 Å². The lowest BCUT2D eigenvalue weighted by atomic mass is 9.82. The Morgan fingerprint density at radius 3 is 2.96 bits per heavy atom. The van der Waals surface area contributed by atoms with E-state index in [-0.39, 0.29) is 24.0 Å². The van der Waals surface area contributed by atoms with E-state index in [1.54, 1.807) is 11.3 Å². The molecule has 0 spiro atoms. The van der Waals surface area contributed by atoms with Gasteiger partial charge in [-0.15, -0.1) is 11.3 Å². The van der Waals surface area contributed by atoms with Gasteiger partial charge in [-0.1, -0.05) is 18.9 Å². The highest BCUT2D eigenvalue weighted by atomic mass is 32.1. The van der Waals surface area contributed by atoms with E-state index in [9.17, 15) is 4.79 Å². The van der Waals surface area contributed by atoms with Crippen LogP contribution in [0.2, 0.25) is 0 Å². The van der Waals surface area contributed by atoms with Crippen LogP contribution in [0.3, 0.4) is 0 Å². The highest BCUT2D eigenvalue weighted by molar-refractivity contribution is 7.10. The van der Waals surface area contributed by atoms with Gasteiger partial charge in [0.05, 0.1) is 31.3 Å². The van der Waals surface area contributed by atoms with Gasteiger partial charge in [0.15, 0.2) is 0 Å². The van der Waals surface area contributed by atoms with E-state index in [1.165, 1.54) is 4.88 Å². The molecule has 1 aliphatic carbocycles. The van der Waals surface area contributed by atoms with Gasteiger partial charge in [0, 0.05) is 24.5 Å². The van der Waals surface area contributed by atoms with E-state index < -0.39 is 0 Å². The molecule has 6 heteroatoms. The molecule has 1 aromatic heterocycles. The van der Waals surface area contributed by atoms with Crippen LogP contribution in [0, 0.1) is 0 Å². The molecule has 5 nitrogen and oxygen atoms in total. The van der Waals surface area contributed by atoms with Crippen LogP contribution < -0.4 is 0 Å². The minimum atomic E-state index is -0.320. The minimum Gasteiger partial charge on any atom is -0.395 e. The number of amides is 1. The van der Waals surface area contributed by atoms with E-state index in [0.29, 0.717) is 26.3 Å². The number of hydrogen-bond acceptors (Lipinski definition) is 5. The zero-order chi connectivity index (χ0) is 17.0. The smallest absolute Gasteiger partial charge is 0.234 e. The maximum Gasteiger partial charge on any atom is 0.234 e. The molecule has 3 rings (SSSR count). The van der Waals surface area contributed by atoms with Gasteiger partial charge in [-0.3, -0.25) is 4.79 Å². The average Bonchev–Trinajstić information content (AvgIpc) is 3.27. The molecule has 1 aromatic rings. The van der Waals surface area contributed by atoms with Gasteiger partial charge in [0.1, 0.15) is 0 Å². The zero-order valence-corrected chi connectivity index (χ0v) is 15.3. The van der Waals surface area contributed by atoms with Crippen molar-refractivity contribution in [1.29, 1.82) is 0 Å². The third-order valence-electron chi connectivity index (χ3n) is 5.35. The Balaban J connectivity index is 1.80. The first-order chi connectivity index (χ1) is 11.7. The Labute approximate surface area is 148 Å². The molecule has 2 heterocycles. The lowest BCUT2D eigenvalue weighted by Crippen LogP contribution is -2.57. The van der Waals surface area contributed by atoms with Crippen LogP contribution in [0.5, 0.6) is 0 Å². The third kappa shape index (κ3) is 3.52. The lowest BCUT2D eigenvalue weighted by molar-refractivity contribution is -0.146. The number of rotatable bonds is 6. The Bertz CT molecular complexity index is 528. The van der Waals surface area contributed by atoms with Crippen molar-refractivity contribution in [3.05, 3.63) is 22.4 Å². The SMILES string of the molecule is CN(CCO)C[C@H]1COCCN1C(=O)C1(c2cccs2)CCCC1. The molecule has 1 atom stereocenters. The fourth-order valence-corrected chi connectivity index (χ4v) is 5.04. The monoisotopic (exact) mass is 352 g/mol. The van der Waals surface area contributed by atoms with Gasteiger partial charge in [0.2, 0.25) is 5.91 Å². The summed E-state index contributed by atoms with van der Waals surface area (Å²) in [5.74, 6) is 0.285. The Morgan fingerprint density at radius 2 is 2.29 bits per heavy atom. The van der Waals surface area contributed by atoms with Crippen molar-refractivity contribution in [3.8, 4) is 0 Å². The third-order valence-corrected chi connectivity index (χ3v) is 6.43. The summed E-state index contributed by atoms with van der Waals surface area (Å²) < 4.78 is 5.65. The van der Waals surface area contributed by atoms with Crippen molar-refractivity contribution >= 4 is 17.2 Å². The van der Waals surface area contributed by atoms with Crippen LogP contribution in [-0.4, -0.2) is 73.4 Å². The second-order valence-corrected chi connectivity index (χ2v) is 7.93. The molecule has 0 radical (unpaired) electrons. The van der Waals surface area contributed by atoms with Crippen molar-refractivity contribution in [2.24, 2.45) is 0 Å². The number of morpholine rings is 1. The standard InChI is InChI=1S/C18H28N2O3S/c1-19(8-10-21)13-15-14-23-11-9-20(15)17(22)18(6-2-3-7-18)16-5-4-12-24-16/h4-5,12,15,21H,2-3,6-11,13-14H2,1H3/t15-/m0/s1. The summed E-state index contributed by atoms with van der Waals surface area (Å²) in [7, 11) is 1.98. The molecule has 24 heavy (non-hydrogen) atoms. The maximum atomic E-state index is 13.6. The summed E-state index contributed by atoms with van der Waals surface area (Å²) in [6, 6.07) is 4.25. The van der Waals surface area contributed by atoms with Crippen LogP contribution in [0.15, 0.2) is 17.5 Å². The predicted octanol–water partition coefficient (Wildman–Crippen LogP) is 1.71. The highest BCUT2D eigenvalue weighted by Crippen LogP contribution is 2.45. The van der Waals surface area contributed by atoms with Gasteiger partial charge in [-0.25, -0.2) is 0 Å². The van der Waals surface area contributed by atoms with Crippen molar-refractivity contribution in [3.63, 3.8) is 0 Å². The summed E-state index contributed by atoms with van der Waals surface area (Å²) in [6.45, 7) is 3.37. The van der Waals surface area contributed by atoms with Gasteiger partial charge in [-0.2, -0.15) is 0 Å². The summed E-state index contributed by atoms with van der Waals surface area (Å²) in [4.78, 5) is 18.9. The minimum absolute atomic E-state index is 0.0697. The van der Waals surface area contributed by atoms with Crippen LogP contribution in [0.4, 0.5) is 0 Å². The quantitative estimate of drug-likeness (QED) is 0.847. The number of aliphatic hydroxyl groups is 1. The first kappa shape index (κ1) is 17.9. The first-order valence-electron chi connectivity index (χ1n) is 8.89. The molecule has 2 fully saturated rings. The number of carbonyl (C=O) groups is 1. The molecule has 134 valence electrons. The normalized spacial score (nSPS) is 23.8. The van der Waals surface area contributed by atoms with Crippen molar-refractivity contribution in [2.75, 3.05) is 46.5 Å². The number of nitrogens with zero attached hydrogens (tertiary/aromatic N) is 2. The largest absolute Gasteiger partial charge is 0.395 e. The molecule has 1 amide bonds. The van der Waals surface area contributed by atoms with Crippen LogP contribution in [-0.2, 0) is 14.9 Å². The Morgan fingerprint density at radius 1 is 1.50 bits per heavy atom. The van der Waals surface area contributed by atoms with Gasteiger partial charge in [-0.05, 0) is 31.3 Å². The summed E-state index contributed by atoms with van der Waals surface area (Å²) in [5, 5.41) is 11.2. The topological polar surface area (TPSA) is 53.0 Å². The number of hydrogen-bond donors (Lipinski definition) is 1. The fraction of sp³-hybridized carbons (Fsp3) is 0.722. The van der Waals surface area contributed by atoms with Crippen LogP contribution in [0.25, 0.3) is 0 Å². The first-order valence-corrected chi connectivity index (χ1v) is 9.77. The summed E-state index contributed by atoms with van der Waals surface area (Å²) in [5.41, 5.74) is -0.320. The van der Waals surface area contributed by atoms with E-state index in [2.05, 4.69) is 27.3 Å². The number of carbonyl (C=O) groups excluding carboxylic acids is 1. The van der Waals surface area contributed by atoms with Gasteiger partial charge >= 0.3 is 0 Å². The molecule has 1 saturated carbocycles. The second-order valence-electron chi connectivity index (χ2n) is 6.98. The van der Waals surface area contributed by atoms with Crippen molar-refractivity contribution < 1.29 is 14.6 Å². The Kier molecular flexibility index (Phi) is 5.92. The van der Waals surface area contributed by atoms with Crippen LogP contribution in [0.1, 0.15) is 30.6 Å². The van der Waals surface area contributed by atoms with Crippen molar-refractivity contribution in [2.45, 2.75) is 37.1 Å². The molecule has 1 N–H and O–H groups in total. The highest BCUT2D eigenvalue weighted by Gasteiger charge is 2.47. The summed E-state index contributed by atoms with van der Waals surface area (Å²) >= 11 is 1.71. The summed E-state index contributed by atoms with van der Waals surface area (Å²) in [6.07, 6.45) is 4.18. The second kappa shape index (κ2) is 7.95. The predicted molar refractivity (Wildman–Crippen MR) is 95.4 cm³/mol. The van der Waals surface area contributed by atoms with E-state index >= 15 is 0 Å². The number of likely N-dealkylation sites (N-methyl/N-ethyl adjacent to an activating group) is 1. The number of aliphatic hydroxyl groups excluding tert-OH is 1. The number of ether oxygens (including phenoxy) is 1.